The lowest BCUT2D eigenvalue weighted by Gasteiger charge is -2.38. The molecule has 0 radical (unpaired) electrons. The van der Waals surface area contributed by atoms with Crippen molar-refractivity contribution < 1.29 is 5.11 Å². The number of aromatic nitrogens is 1. The number of aryl methyl sites for hydroxylation is 2. The highest BCUT2D eigenvalue weighted by Gasteiger charge is 2.36. The van der Waals surface area contributed by atoms with Crippen LogP contribution in [0, 0.1) is 25.7 Å². The number of nitrogens with zero attached hydrogens (tertiary/aromatic N) is 1. The van der Waals surface area contributed by atoms with E-state index in [0.717, 1.165) is 36.4 Å². The van der Waals surface area contributed by atoms with Crippen molar-refractivity contribution in [2.24, 2.45) is 11.8 Å². The first-order valence-corrected chi connectivity index (χ1v) is 7.86. The third-order valence-corrected chi connectivity index (χ3v) is 5.43. The van der Waals surface area contributed by atoms with Gasteiger partial charge in [0.15, 0.2) is 0 Å². The topological polar surface area (TPSA) is 33.1 Å². The maximum atomic E-state index is 10.8. The van der Waals surface area contributed by atoms with E-state index in [1.54, 1.807) is 11.3 Å². The average Bonchev–Trinajstić information content (AvgIpc) is 2.56. The molecule has 1 saturated carbocycles. The largest absolute Gasteiger partial charge is 0.389 e. The monoisotopic (exact) mass is 267 g/mol. The SMILES string of the molecule is Cc1nc(CC2(O)CCCC(C(C)C)C2)sc1C. The summed E-state index contributed by atoms with van der Waals surface area (Å²) in [7, 11) is 0. The van der Waals surface area contributed by atoms with Crippen LogP contribution in [0.1, 0.15) is 55.1 Å². The molecule has 1 aromatic heterocycles. The van der Waals surface area contributed by atoms with Crippen molar-refractivity contribution in [2.45, 2.75) is 65.4 Å². The minimum atomic E-state index is -0.510. The van der Waals surface area contributed by atoms with E-state index in [-0.39, 0.29) is 0 Å². The molecule has 0 spiro atoms. The van der Waals surface area contributed by atoms with Crippen LogP contribution in [-0.2, 0) is 6.42 Å². The van der Waals surface area contributed by atoms with Gasteiger partial charge in [-0.15, -0.1) is 11.3 Å². The summed E-state index contributed by atoms with van der Waals surface area (Å²) >= 11 is 1.75. The Balaban J connectivity index is 2.06. The lowest BCUT2D eigenvalue weighted by Crippen LogP contribution is -2.38. The number of rotatable bonds is 3. The van der Waals surface area contributed by atoms with Crippen molar-refractivity contribution in [3.05, 3.63) is 15.6 Å². The van der Waals surface area contributed by atoms with Gasteiger partial charge in [0, 0.05) is 11.3 Å². The first kappa shape index (κ1) is 14.0. The zero-order chi connectivity index (χ0) is 13.3. The lowest BCUT2D eigenvalue weighted by molar-refractivity contribution is -0.0240. The van der Waals surface area contributed by atoms with Crippen LogP contribution in [0.2, 0.25) is 0 Å². The van der Waals surface area contributed by atoms with Gasteiger partial charge in [-0.1, -0.05) is 20.3 Å². The highest BCUT2D eigenvalue weighted by molar-refractivity contribution is 7.11. The molecule has 2 nitrogen and oxygen atoms in total. The number of hydrogen-bond acceptors (Lipinski definition) is 3. The quantitative estimate of drug-likeness (QED) is 0.901. The smallest absolute Gasteiger partial charge is 0.0959 e. The van der Waals surface area contributed by atoms with Gasteiger partial charge in [0.2, 0.25) is 0 Å². The van der Waals surface area contributed by atoms with E-state index in [9.17, 15) is 5.11 Å². The second-order valence-electron chi connectivity index (χ2n) is 6.25. The summed E-state index contributed by atoms with van der Waals surface area (Å²) in [4.78, 5) is 5.86. The third kappa shape index (κ3) is 3.12. The number of thiazole rings is 1. The van der Waals surface area contributed by atoms with E-state index in [1.807, 2.05) is 0 Å². The molecular formula is C15H25NOS. The van der Waals surface area contributed by atoms with Gasteiger partial charge < -0.3 is 5.11 Å². The molecule has 0 bridgehead atoms. The molecule has 102 valence electrons. The third-order valence-electron chi connectivity index (χ3n) is 4.36. The van der Waals surface area contributed by atoms with E-state index in [4.69, 9.17) is 0 Å². The highest BCUT2D eigenvalue weighted by Crippen LogP contribution is 2.38. The van der Waals surface area contributed by atoms with Gasteiger partial charge in [-0.2, -0.15) is 0 Å². The average molecular weight is 267 g/mol. The van der Waals surface area contributed by atoms with Crippen LogP contribution in [0.25, 0.3) is 0 Å². The predicted molar refractivity (Wildman–Crippen MR) is 77.0 cm³/mol. The fraction of sp³-hybridized carbons (Fsp3) is 0.800. The van der Waals surface area contributed by atoms with Gasteiger partial charge in [0.1, 0.15) is 0 Å². The molecule has 0 amide bonds. The molecule has 2 unspecified atom stereocenters. The van der Waals surface area contributed by atoms with E-state index in [0.29, 0.717) is 11.8 Å². The van der Waals surface area contributed by atoms with Crippen molar-refractivity contribution in [3.8, 4) is 0 Å². The standard InChI is InChI=1S/C15H25NOS/c1-10(2)13-6-5-7-15(17,8-13)9-14-16-11(3)12(4)18-14/h10,13,17H,5-9H2,1-4H3. The Morgan fingerprint density at radius 2 is 2.17 bits per heavy atom. The van der Waals surface area contributed by atoms with Gasteiger partial charge in [-0.05, 0) is 44.9 Å². The Bertz CT molecular complexity index is 393. The normalized spacial score (nSPS) is 28.9. The Morgan fingerprint density at radius 3 is 2.72 bits per heavy atom. The molecule has 18 heavy (non-hydrogen) atoms. The van der Waals surface area contributed by atoms with E-state index >= 15 is 0 Å². The van der Waals surface area contributed by atoms with Gasteiger partial charge in [0.05, 0.1) is 16.3 Å². The van der Waals surface area contributed by atoms with Gasteiger partial charge in [0.25, 0.3) is 0 Å². The molecule has 3 heteroatoms. The molecule has 0 aromatic carbocycles. The van der Waals surface area contributed by atoms with Gasteiger partial charge in [-0.25, -0.2) is 4.98 Å². The first-order chi connectivity index (χ1) is 8.39. The number of hydrogen-bond donors (Lipinski definition) is 1. The summed E-state index contributed by atoms with van der Waals surface area (Å²) in [6.45, 7) is 8.71. The molecule has 1 aromatic rings. The highest BCUT2D eigenvalue weighted by atomic mass is 32.1. The summed E-state index contributed by atoms with van der Waals surface area (Å²) in [5.74, 6) is 1.35. The van der Waals surface area contributed by atoms with Crippen molar-refractivity contribution in [1.29, 1.82) is 0 Å². The molecule has 1 fully saturated rings. The maximum absolute atomic E-state index is 10.8. The van der Waals surface area contributed by atoms with Crippen molar-refractivity contribution in [1.82, 2.24) is 4.98 Å². The molecule has 1 N–H and O–H groups in total. The summed E-state index contributed by atoms with van der Waals surface area (Å²) < 4.78 is 0. The van der Waals surface area contributed by atoms with E-state index < -0.39 is 5.60 Å². The Labute approximate surface area is 114 Å². The lowest BCUT2D eigenvalue weighted by atomic mass is 9.72. The molecule has 0 saturated heterocycles. The molecule has 1 heterocycles. The zero-order valence-electron chi connectivity index (χ0n) is 12.0. The van der Waals surface area contributed by atoms with Crippen LogP contribution in [-0.4, -0.2) is 15.7 Å². The van der Waals surface area contributed by atoms with Crippen molar-refractivity contribution in [2.75, 3.05) is 0 Å². The molecule has 2 rings (SSSR count). The first-order valence-electron chi connectivity index (χ1n) is 7.05. The summed E-state index contributed by atoms with van der Waals surface area (Å²) in [5, 5.41) is 11.9. The molecular weight excluding hydrogens is 242 g/mol. The van der Waals surface area contributed by atoms with Gasteiger partial charge >= 0.3 is 0 Å². The molecule has 1 aliphatic carbocycles. The van der Waals surface area contributed by atoms with Crippen LogP contribution < -0.4 is 0 Å². The summed E-state index contributed by atoms with van der Waals surface area (Å²) in [6.07, 6.45) is 5.06. The van der Waals surface area contributed by atoms with Crippen molar-refractivity contribution >= 4 is 11.3 Å². The number of aliphatic hydroxyl groups is 1. The molecule has 0 aliphatic heterocycles. The Hall–Kier alpha value is -0.410. The minimum Gasteiger partial charge on any atom is -0.389 e. The fourth-order valence-electron chi connectivity index (χ4n) is 3.01. The molecule has 2 atom stereocenters. The maximum Gasteiger partial charge on any atom is 0.0959 e. The summed E-state index contributed by atoms with van der Waals surface area (Å²) in [6, 6.07) is 0. The van der Waals surface area contributed by atoms with Crippen LogP contribution in [0.5, 0.6) is 0 Å². The fourth-order valence-corrected chi connectivity index (χ4v) is 4.08. The minimum absolute atomic E-state index is 0.510. The van der Waals surface area contributed by atoms with E-state index in [2.05, 4.69) is 32.7 Å². The van der Waals surface area contributed by atoms with Crippen LogP contribution in [0.15, 0.2) is 0 Å². The van der Waals surface area contributed by atoms with E-state index in [1.165, 1.54) is 11.3 Å². The second-order valence-corrected chi connectivity index (χ2v) is 7.54. The zero-order valence-corrected chi connectivity index (χ0v) is 12.8. The molecule has 1 aliphatic rings. The Kier molecular flexibility index (Phi) is 4.12. The van der Waals surface area contributed by atoms with Gasteiger partial charge in [-0.3, -0.25) is 0 Å². The van der Waals surface area contributed by atoms with Crippen LogP contribution in [0.4, 0.5) is 0 Å². The Morgan fingerprint density at radius 1 is 1.44 bits per heavy atom. The van der Waals surface area contributed by atoms with Crippen molar-refractivity contribution in [3.63, 3.8) is 0 Å². The second kappa shape index (κ2) is 5.30. The van der Waals surface area contributed by atoms with Crippen LogP contribution in [0.3, 0.4) is 0 Å². The van der Waals surface area contributed by atoms with Crippen LogP contribution >= 0.6 is 11.3 Å². The predicted octanol–water partition coefficient (Wildman–Crippen LogP) is 3.88. The summed E-state index contributed by atoms with van der Waals surface area (Å²) in [5.41, 5.74) is 0.610.